The van der Waals surface area contributed by atoms with Crippen LogP contribution in [0.5, 0.6) is 0 Å². The van der Waals surface area contributed by atoms with Crippen LogP contribution in [0.4, 0.5) is 5.82 Å². The molecule has 0 saturated heterocycles. The van der Waals surface area contributed by atoms with Crippen LogP contribution in [-0.4, -0.2) is 22.4 Å². The molecule has 1 aromatic heterocycles. The molecule has 0 aromatic carbocycles. The second-order valence-corrected chi connectivity index (χ2v) is 4.27. The summed E-state index contributed by atoms with van der Waals surface area (Å²) >= 11 is 0. The number of hydrogen-bond donors (Lipinski definition) is 3. The van der Waals surface area contributed by atoms with E-state index in [-0.39, 0.29) is 5.91 Å². The van der Waals surface area contributed by atoms with Crippen LogP contribution in [0.2, 0.25) is 0 Å². The fourth-order valence-electron chi connectivity index (χ4n) is 1.78. The summed E-state index contributed by atoms with van der Waals surface area (Å²) in [5, 5.41) is 2.84. The fraction of sp³-hybridized carbons (Fsp3) is 0.545. The van der Waals surface area contributed by atoms with E-state index in [1.807, 2.05) is 0 Å². The van der Waals surface area contributed by atoms with Crippen molar-refractivity contribution < 1.29 is 4.79 Å². The van der Waals surface area contributed by atoms with Crippen molar-refractivity contribution in [2.75, 3.05) is 12.0 Å². The van der Waals surface area contributed by atoms with Gasteiger partial charge in [0.15, 0.2) is 5.82 Å². The van der Waals surface area contributed by atoms with Crippen molar-refractivity contribution in [2.45, 2.75) is 25.7 Å². The normalized spacial score (nSPS) is 15.1. The number of nitrogens with one attached hydrogen (secondary N) is 2. The Labute approximate surface area is 100.0 Å². The zero-order chi connectivity index (χ0) is 12.1. The molecule has 6 nitrogen and oxygen atoms in total. The van der Waals surface area contributed by atoms with Crippen molar-refractivity contribution in [1.29, 1.82) is 0 Å². The van der Waals surface area contributed by atoms with Gasteiger partial charge < -0.3 is 10.7 Å². The molecule has 1 heterocycles. The van der Waals surface area contributed by atoms with Gasteiger partial charge in [0, 0.05) is 6.54 Å². The third-order valence-corrected chi connectivity index (χ3v) is 3.10. The third-order valence-electron chi connectivity index (χ3n) is 3.10. The van der Waals surface area contributed by atoms with Gasteiger partial charge in [-0.25, -0.2) is 15.8 Å². The zero-order valence-corrected chi connectivity index (χ0v) is 9.65. The second kappa shape index (κ2) is 5.58. The predicted molar refractivity (Wildman–Crippen MR) is 64.1 cm³/mol. The van der Waals surface area contributed by atoms with Gasteiger partial charge in [0.2, 0.25) is 0 Å². The molecule has 1 aromatic rings. The number of hydrogen-bond acceptors (Lipinski definition) is 5. The molecule has 0 bridgehead atoms. The van der Waals surface area contributed by atoms with Gasteiger partial charge in [-0.05, 0) is 12.3 Å². The van der Waals surface area contributed by atoms with Gasteiger partial charge in [0.1, 0.15) is 5.69 Å². The average Bonchev–Trinajstić information content (AvgIpc) is 2.32. The van der Waals surface area contributed by atoms with E-state index in [4.69, 9.17) is 5.84 Å². The van der Waals surface area contributed by atoms with E-state index >= 15 is 0 Å². The van der Waals surface area contributed by atoms with Gasteiger partial charge in [-0.1, -0.05) is 19.3 Å². The van der Waals surface area contributed by atoms with Gasteiger partial charge in [-0.15, -0.1) is 0 Å². The molecular weight excluding hydrogens is 218 g/mol. The van der Waals surface area contributed by atoms with E-state index in [1.54, 1.807) is 0 Å². The van der Waals surface area contributed by atoms with Crippen LogP contribution in [0.15, 0.2) is 12.4 Å². The quantitative estimate of drug-likeness (QED) is 0.515. The maximum atomic E-state index is 11.7. The molecule has 1 amide bonds. The maximum absolute atomic E-state index is 11.7. The molecule has 17 heavy (non-hydrogen) atoms. The Morgan fingerprint density at radius 3 is 2.76 bits per heavy atom. The lowest BCUT2D eigenvalue weighted by molar-refractivity contribution is 0.0943. The minimum Gasteiger partial charge on any atom is -0.351 e. The first-order valence-corrected chi connectivity index (χ1v) is 5.86. The predicted octanol–water partition coefficient (Wildman–Crippen LogP) is 0.682. The molecule has 2 rings (SSSR count). The van der Waals surface area contributed by atoms with Gasteiger partial charge in [-0.3, -0.25) is 4.79 Å². The molecule has 0 atom stereocenters. The number of anilines is 1. The van der Waals surface area contributed by atoms with Crippen LogP contribution < -0.4 is 16.6 Å². The summed E-state index contributed by atoms with van der Waals surface area (Å²) in [6, 6.07) is 0. The highest BCUT2D eigenvalue weighted by Gasteiger charge is 2.17. The highest BCUT2D eigenvalue weighted by molar-refractivity contribution is 5.91. The number of rotatable bonds is 5. The van der Waals surface area contributed by atoms with Crippen molar-refractivity contribution in [2.24, 2.45) is 11.8 Å². The number of carbonyl (C=O) groups is 1. The summed E-state index contributed by atoms with van der Waals surface area (Å²) < 4.78 is 0. The minimum atomic E-state index is -0.180. The van der Waals surface area contributed by atoms with Gasteiger partial charge in [0.25, 0.3) is 5.91 Å². The Morgan fingerprint density at radius 1 is 1.41 bits per heavy atom. The van der Waals surface area contributed by atoms with Crippen LogP contribution in [0.1, 0.15) is 36.2 Å². The Morgan fingerprint density at radius 2 is 2.24 bits per heavy atom. The summed E-state index contributed by atoms with van der Waals surface area (Å²) in [6.07, 6.45) is 7.83. The van der Waals surface area contributed by atoms with Crippen molar-refractivity contribution >= 4 is 11.7 Å². The third kappa shape index (κ3) is 3.13. The Hall–Kier alpha value is -1.69. The molecular formula is C11H17N5O. The topological polar surface area (TPSA) is 92.9 Å². The number of nitrogens with two attached hydrogens (primary N) is 1. The van der Waals surface area contributed by atoms with Crippen LogP contribution in [-0.2, 0) is 0 Å². The molecule has 0 spiro atoms. The summed E-state index contributed by atoms with van der Waals surface area (Å²) in [7, 11) is 0. The first-order valence-electron chi connectivity index (χ1n) is 5.86. The van der Waals surface area contributed by atoms with Crippen LogP contribution in [0.25, 0.3) is 0 Å². The molecule has 0 radical (unpaired) electrons. The molecule has 1 saturated carbocycles. The SMILES string of the molecule is NNc1cnc(C(=O)NCCC2CCC2)cn1. The van der Waals surface area contributed by atoms with E-state index in [1.165, 1.54) is 31.7 Å². The van der Waals surface area contributed by atoms with E-state index < -0.39 is 0 Å². The summed E-state index contributed by atoms with van der Waals surface area (Å²) in [6.45, 7) is 0.710. The summed E-state index contributed by atoms with van der Waals surface area (Å²) in [5.74, 6) is 6.22. The monoisotopic (exact) mass is 235 g/mol. The number of nitrogens with zero attached hydrogens (tertiary/aromatic N) is 2. The Bertz CT molecular complexity index is 374. The lowest BCUT2D eigenvalue weighted by Gasteiger charge is -2.25. The van der Waals surface area contributed by atoms with Gasteiger partial charge >= 0.3 is 0 Å². The summed E-state index contributed by atoms with van der Waals surface area (Å²) in [4.78, 5) is 19.6. The largest absolute Gasteiger partial charge is 0.351 e. The van der Waals surface area contributed by atoms with Gasteiger partial charge in [-0.2, -0.15) is 0 Å². The summed E-state index contributed by atoms with van der Waals surface area (Å²) in [5.41, 5.74) is 2.68. The zero-order valence-electron chi connectivity index (χ0n) is 9.65. The molecule has 4 N–H and O–H groups in total. The minimum absolute atomic E-state index is 0.180. The first-order chi connectivity index (χ1) is 8.29. The molecule has 0 aliphatic heterocycles. The second-order valence-electron chi connectivity index (χ2n) is 4.27. The fourth-order valence-corrected chi connectivity index (χ4v) is 1.78. The van der Waals surface area contributed by atoms with Crippen LogP contribution in [0, 0.1) is 5.92 Å². The maximum Gasteiger partial charge on any atom is 0.271 e. The number of carbonyl (C=O) groups excluding carboxylic acids is 1. The van der Waals surface area contributed by atoms with E-state index in [0.717, 1.165) is 12.3 Å². The molecule has 6 heteroatoms. The smallest absolute Gasteiger partial charge is 0.271 e. The highest BCUT2D eigenvalue weighted by atomic mass is 16.1. The molecule has 92 valence electrons. The van der Waals surface area contributed by atoms with Crippen LogP contribution in [0.3, 0.4) is 0 Å². The molecule has 0 unspecified atom stereocenters. The molecule has 1 aliphatic rings. The highest BCUT2D eigenvalue weighted by Crippen LogP contribution is 2.28. The number of aromatic nitrogens is 2. The number of hydrazine groups is 1. The Balaban J connectivity index is 1.77. The van der Waals surface area contributed by atoms with Crippen molar-refractivity contribution in [3.63, 3.8) is 0 Å². The van der Waals surface area contributed by atoms with E-state index in [9.17, 15) is 4.79 Å². The van der Waals surface area contributed by atoms with Crippen LogP contribution >= 0.6 is 0 Å². The number of amides is 1. The van der Waals surface area contributed by atoms with Crippen molar-refractivity contribution in [3.05, 3.63) is 18.1 Å². The van der Waals surface area contributed by atoms with E-state index in [0.29, 0.717) is 18.1 Å². The average molecular weight is 235 g/mol. The lowest BCUT2D eigenvalue weighted by atomic mass is 9.83. The Kier molecular flexibility index (Phi) is 3.87. The van der Waals surface area contributed by atoms with Crippen molar-refractivity contribution in [3.8, 4) is 0 Å². The van der Waals surface area contributed by atoms with Gasteiger partial charge in [0.05, 0.1) is 12.4 Å². The first kappa shape index (κ1) is 11.8. The standard InChI is InChI=1S/C11H17N5O/c12-16-10-7-14-9(6-15-10)11(17)13-5-4-8-2-1-3-8/h6-8H,1-5,12H2,(H,13,17)(H,15,16). The van der Waals surface area contributed by atoms with Crippen molar-refractivity contribution in [1.82, 2.24) is 15.3 Å². The molecule has 1 aliphatic carbocycles. The lowest BCUT2D eigenvalue weighted by Crippen LogP contribution is -2.28. The number of nitrogen functional groups attached to an aromatic ring is 1. The van der Waals surface area contributed by atoms with E-state index in [2.05, 4.69) is 20.7 Å². The molecule has 1 fully saturated rings.